The summed E-state index contributed by atoms with van der Waals surface area (Å²) in [4.78, 5) is 0.385. The third kappa shape index (κ3) is 11.9. The van der Waals surface area contributed by atoms with E-state index in [9.17, 15) is 28.8 Å². The number of allylic oxidation sites excluding steroid dienone is 2. The van der Waals surface area contributed by atoms with Gasteiger partial charge in [-0.25, -0.2) is 8.42 Å². The molecule has 19 atom stereocenters. The van der Waals surface area contributed by atoms with Crippen molar-refractivity contribution in [3.8, 4) is 0 Å². The molecule has 0 radical (unpaired) electrons. The fraction of sp³-hybridized carbons (Fsp3) is 0.841. The molecule has 5 N–H and O–H groups in total. The summed E-state index contributed by atoms with van der Waals surface area (Å²) in [6.45, 7) is 22.3. The van der Waals surface area contributed by atoms with E-state index < -0.39 is 32.4 Å². The maximum Gasteiger partial charge on any atom is 2.00 e. The van der Waals surface area contributed by atoms with Gasteiger partial charge in [-0.05, 0) is 241 Å². The van der Waals surface area contributed by atoms with Crippen molar-refractivity contribution in [2.75, 3.05) is 7.11 Å². The second-order valence-electron chi connectivity index (χ2n) is 26.8. The van der Waals surface area contributed by atoms with Crippen LogP contribution in [0.2, 0.25) is 0 Å². The molecule has 0 saturated heterocycles. The van der Waals surface area contributed by atoms with Gasteiger partial charge in [0.15, 0.2) is 9.84 Å². The summed E-state index contributed by atoms with van der Waals surface area (Å²) in [6, 6.07) is 8.91. The summed E-state index contributed by atoms with van der Waals surface area (Å²) < 4.78 is 28.2. The van der Waals surface area contributed by atoms with Crippen molar-refractivity contribution in [1.29, 1.82) is 0 Å². The molecule has 0 aliphatic heterocycles. The minimum atomic E-state index is -3.58. The van der Waals surface area contributed by atoms with Crippen LogP contribution in [0.4, 0.5) is 0 Å². The zero-order chi connectivity index (χ0) is 51.8. The van der Waals surface area contributed by atoms with Crippen LogP contribution in [0.1, 0.15) is 207 Å². The fourth-order valence-corrected chi connectivity index (χ4v) is 20.4. The molecule has 72 heavy (non-hydrogen) atoms. The van der Waals surface area contributed by atoms with Crippen molar-refractivity contribution >= 4 is 32.9 Å². The van der Waals surface area contributed by atoms with Gasteiger partial charge in [-0.15, -0.1) is 0 Å². The van der Waals surface area contributed by atoms with Gasteiger partial charge in [-0.2, -0.15) is 0 Å². The van der Waals surface area contributed by atoms with Crippen molar-refractivity contribution < 1.29 is 36.8 Å². The van der Waals surface area contributed by atoms with Crippen molar-refractivity contribution in [2.24, 2.45) is 93.7 Å². The molecule has 6 fully saturated rings. The van der Waals surface area contributed by atoms with Crippen LogP contribution in [0.15, 0.2) is 58.5 Å². The van der Waals surface area contributed by atoms with Gasteiger partial charge in [0.2, 0.25) is 0 Å². The zero-order valence-electron chi connectivity index (χ0n) is 49.4. The molecule has 7 nitrogen and oxygen atoms in total. The van der Waals surface area contributed by atoms with E-state index in [0.717, 1.165) is 107 Å². The Kier molecular flexibility index (Phi) is 20.6. The summed E-state index contributed by atoms with van der Waals surface area (Å²) in [5.74, 6) is 8.35. The van der Waals surface area contributed by atoms with E-state index in [2.05, 4.69) is 67.5 Å². The molecule has 3 unspecified atom stereocenters. The van der Waals surface area contributed by atoms with Crippen LogP contribution in [-0.4, -0.2) is 92.8 Å². The predicted molar refractivity (Wildman–Crippen MR) is 299 cm³/mol. The third-order valence-electron chi connectivity index (χ3n) is 23.0. The Bertz CT molecular complexity index is 2090. The molecule has 9 heteroatoms. The van der Waals surface area contributed by atoms with E-state index >= 15 is 0 Å². The number of hydrogen-bond donors (Lipinski definition) is 5. The smallest absolute Gasteiger partial charge is 1.00 e. The first-order chi connectivity index (χ1) is 33.6. The van der Waals surface area contributed by atoms with E-state index in [1.807, 2.05) is 19.9 Å². The minimum absolute atomic E-state index is 0. The van der Waals surface area contributed by atoms with Gasteiger partial charge < -0.3 is 28.4 Å². The first-order valence-electron chi connectivity index (χ1n) is 29.5. The van der Waals surface area contributed by atoms with Crippen LogP contribution in [-0.2, 0) is 9.84 Å². The van der Waals surface area contributed by atoms with Crippen molar-refractivity contribution in [3.63, 3.8) is 0 Å². The number of aliphatic hydroxyl groups is 5. The van der Waals surface area contributed by atoms with Gasteiger partial charge in [0.05, 0.1) is 33.6 Å². The first-order valence-corrected chi connectivity index (χ1v) is 31.1. The SMILES string of the molecule is CC[C@]1(O)CC[C@H]2C(=CC[C@@H]3[C@@H]2CC[C@]2(C)[C@@H]([C@H](C)C(CC(O)C(C)C)S(=O)(=O)c4ccccc4)CC[C@@H]32)C1.CC[C@]1(O)CC[C@H]2C(=CC[C@@H]3[C@@H]2CC[C@]2(C)[C@@H]([C@H](C)CCC(O)C(C)C)CC[C@@H]32)C1.CO.[H-].[H-].[Mg+2]. The van der Waals surface area contributed by atoms with Crippen LogP contribution >= 0.6 is 0 Å². The predicted octanol–water partition coefficient (Wildman–Crippen LogP) is 13.4. The molecule has 0 spiro atoms. The Morgan fingerprint density at radius 1 is 0.611 bits per heavy atom. The van der Waals surface area contributed by atoms with Crippen LogP contribution < -0.4 is 0 Å². The van der Waals surface area contributed by atoms with Gasteiger partial charge in [0, 0.05) is 7.11 Å². The molecule has 408 valence electrons. The monoisotopic (exact) mass is 1030 g/mol. The summed E-state index contributed by atoms with van der Waals surface area (Å²) in [7, 11) is -2.58. The fourth-order valence-electron chi connectivity index (χ4n) is 18.4. The standard InChI is InChI=1S/C34H52O4S.C28H48O2.CH4O.Mg.2H/c1-6-34(36)19-17-26-24(21-34)12-13-28-27(26)16-18-33(5)29(14-15-30(28)33)23(4)32(20-31(35)22(2)3)39(37,38)25-10-8-7-9-11-25;1-6-28(30)16-14-21-20(17-28)8-9-23-22(21)13-15-27(5)24(10-11-25(23)27)19(4)7-12-26(29)18(2)3;1-2;;;/h7-12,22-23,26-32,35-36H,6,13-21H2,1-5H3;8,18-19,21-26,29-30H,6-7,9-17H2,1-5H3;2H,1H3;;;/q;;;+2;2*-1/t23-,26-,27+,28+,29+,30-,31?,32?,33+,34-;19-,21+,22-,23-,24-,25+,26?,27-,28+;;;;/m01..../s1. The maximum absolute atomic E-state index is 14.1. The number of sulfone groups is 1. The van der Waals surface area contributed by atoms with Crippen LogP contribution in [0.3, 0.4) is 0 Å². The van der Waals surface area contributed by atoms with Crippen LogP contribution in [0.5, 0.6) is 0 Å². The number of rotatable bonds is 14. The number of aliphatic hydroxyl groups excluding tert-OH is 3. The summed E-state index contributed by atoms with van der Waals surface area (Å²) in [5.41, 5.74) is 2.85. The molecular weight excluding hydrogens is 925 g/mol. The molecule has 1 aromatic rings. The average Bonchev–Trinajstić information content (AvgIpc) is 3.92. The minimum Gasteiger partial charge on any atom is -1.00 e. The Labute approximate surface area is 459 Å². The Morgan fingerprint density at radius 3 is 1.53 bits per heavy atom. The van der Waals surface area contributed by atoms with Gasteiger partial charge in [0.1, 0.15) is 0 Å². The number of benzene rings is 1. The summed E-state index contributed by atoms with van der Waals surface area (Å²) in [5, 5.41) is 49.5. The molecule has 1 aromatic carbocycles. The van der Waals surface area contributed by atoms with E-state index in [-0.39, 0.29) is 49.3 Å². The maximum atomic E-state index is 14.1. The topological polar surface area (TPSA) is 135 Å². The zero-order valence-corrected chi connectivity index (χ0v) is 49.6. The molecule has 6 saturated carbocycles. The Balaban J connectivity index is 0.000000307. The van der Waals surface area contributed by atoms with E-state index in [0.29, 0.717) is 52.2 Å². The second-order valence-corrected chi connectivity index (χ2v) is 29.0. The molecular formula is C63H106MgO7S. The van der Waals surface area contributed by atoms with Crippen LogP contribution in [0.25, 0.3) is 0 Å². The molecule has 8 aliphatic rings. The first kappa shape index (κ1) is 60.4. The van der Waals surface area contributed by atoms with E-state index in [1.165, 1.54) is 69.8 Å². The van der Waals surface area contributed by atoms with E-state index in [1.54, 1.807) is 29.8 Å². The van der Waals surface area contributed by atoms with Gasteiger partial charge in [0.25, 0.3) is 0 Å². The molecule has 9 rings (SSSR count). The Hall–Kier alpha value is -0.784. The quantitative estimate of drug-likeness (QED) is 0.0925. The number of fused-ring (bicyclic) bond motifs is 10. The van der Waals surface area contributed by atoms with Crippen LogP contribution in [0, 0.1) is 93.7 Å². The largest absolute Gasteiger partial charge is 2.00 e. The van der Waals surface area contributed by atoms with E-state index in [4.69, 9.17) is 5.11 Å². The molecule has 0 amide bonds. The number of hydrogen-bond acceptors (Lipinski definition) is 7. The molecule has 8 aliphatic carbocycles. The van der Waals surface area contributed by atoms with Crippen molar-refractivity contribution in [1.82, 2.24) is 0 Å². The van der Waals surface area contributed by atoms with Gasteiger partial charge in [-0.1, -0.05) is 111 Å². The van der Waals surface area contributed by atoms with Crippen molar-refractivity contribution in [2.45, 2.75) is 238 Å². The molecule has 0 bridgehead atoms. The van der Waals surface area contributed by atoms with Gasteiger partial charge in [-0.3, -0.25) is 0 Å². The Morgan fingerprint density at radius 2 is 1.07 bits per heavy atom. The summed E-state index contributed by atoms with van der Waals surface area (Å²) >= 11 is 0. The molecule has 0 aromatic heterocycles. The molecule has 0 heterocycles. The summed E-state index contributed by atoms with van der Waals surface area (Å²) in [6.07, 6.45) is 27.2. The van der Waals surface area contributed by atoms with Gasteiger partial charge >= 0.3 is 23.1 Å². The normalized spacial score (nSPS) is 40.0. The van der Waals surface area contributed by atoms with Crippen molar-refractivity contribution in [3.05, 3.63) is 53.6 Å². The average molecular weight is 1030 g/mol. The second kappa shape index (κ2) is 24.5. The third-order valence-corrected chi connectivity index (χ3v) is 25.3.